The third-order valence-corrected chi connectivity index (χ3v) is 4.05. The monoisotopic (exact) mass is 310 g/mol. The Morgan fingerprint density at radius 2 is 2.04 bits per heavy atom. The Hall–Kier alpha value is -2.43. The van der Waals surface area contributed by atoms with Gasteiger partial charge >= 0.3 is 0 Å². The van der Waals surface area contributed by atoms with Crippen molar-refractivity contribution in [3.63, 3.8) is 0 Å². The molecule has 0 saturated carbocycles. The Balaban J connectivity index is 1.65. The highest BCUT2D eigenvalue weighted by Gasteiger charge is 2.15. The first-order chi connectivity index (χ1) is 11.2. The predicted octanol–water partition coefficient (Wildman–Crippen LogP) is 2.71. The molecule has 0 spiro atoms. The van der Waals surface area contributed by atoms with E-state index in [9.17, 15) is 4.79 Å². The van der Waals surface area contributed by atoms with E-state index in [-0.39, 0.29) is 5.91 Å². The second kappa shape index (κ2) is 7.22. The second-order valence-electron chi connectivity index (χ2n) is 5.96. The fourth-order valence-corrected chi connectivity index (χ4v) is 2.82. The summed E-state index contributed by atoms with van der Waals surface area (Å²) in [6, 6.07) is 9.78. The van der Waals surface area contributed by atoms with Gasteiger partial charge in [0.25, 0.3) is 5.91 Å². The molecule has 0 aliphatic carbocycles. The maximum Gasteiger partial charge on any atom is 0.270 e. The van der Waals surface area contributed by atoms with Gasteiger partial charge in [-0.1, -0.05) is 29.8 Å². The van der Waals surface area contributed by atoms with Gasteiger partial charge in [-0.3, -0.25) is 4.79 Å². The average Bonchev–Trinajstić information content (AvgIpc) is 2.61. The molecule has 120 valence electrons. The van der Waals surface area contributed by atoms with Gasteiger partial charge < -0.3 is 10.2 Å². The van der Waals surface area contributed by atoms with Crippen molar-refractivity contribution in [3.8, 4) is 0 Å². The molecule has 2 heterocycles. The number of rotatable bonds is 4. The number of piperidine rings is 1. The Bertz CT molecular complexity index is 680. The molecule has 5 nitrogen and oxygen atoms in total. The van der Waals surface area contributed by atoms with E-state index in [1.54, 1.807) is 12.3 Å². The highest BCUT2D eigenvalue weighted by atomic mass is 16.1. The third-order valence-electron chi connectivity index (χ3n) is 4.05. The van der Waals surface area contributed by atoms with Gasteiger partial charge in [-0.2, -0.15) is 0 Å². The number of nitrogens with zero attached hydrogens (tertiary/aromatic N) is 3. The molecule has 0 radical (unpaired) electrons. The molecule has 1 amide bonds. The van der Waals surface area contributed by atoms with E-state index < -0.39 is 0 Å². The maximum absolute atomic E-state index is 12.3. The van der Waals surface area contributed by atoms with Crippen molar-refractivity contribution in [1.82, 2.24) is 15.3 Å². The number of hydrogen-bond acceptors (Lipinski definition) is 4. The standard InChI is InChI=1S/C18H22N4O/c1-14-6-5-7-15(12-14)13-20-17(23)16-8-9-19-18(21-16)22-10-3-2-4-11-22/h5-9,12H,2-4,10-11,13H2,1H3,(H,20,23). The van der Waals surface area contributed by atoms with E-state index in [1.807, 2.05) is 25.1 Å². The van der Waals surface area contributed by atoms with Crippen molar-refractivity contribution in [1.29, 1.82) is 0 Å². The summed E-state index contributed by atoms with van der Waals surface area (Å²) in [6.07, 6.45) is 5.24. The highest BCUT2D eigenvalue weighted by molar-refractivity contribution is 5.92. The molecule has 1 N–H and O–H groups in total. The summed E-state index contributed by atoms with van der Waals surface area (Å²) in [7, 11) is 0. The molecular formula is C18H22N4O. The summed E-state index contributed by atoms with van der Waals surface area (Å²) >= 11 is 0. The van der Waals surface area contributed by atoms with Crippen LogP contribution in [0.15, 0.2) is 36.5 Å². The maximum atomic E-state index is 12.3. The summed E-state index contributed by atoms with van der Waals surface area (Å²) in [5.74, 6) is 0.500. The van der Waals surface area contributed by atoms with Crippen LogP contribution in [0.4, 0.5) is 5.95 Å². The molecule has 2 aromatic rings. The normalized spacial score (nSPS) is 14.6. The van der Waals surface area contributed by atoms with Crippen LogP contribution in [0.5, 0.6) is 0 Å². The van der Waals surface area contributed by atoms with Crippen molar-refractivity contribution < 1.29 is 4.79 Å². The number of aryl methyl sites for hydroxylation is 1. The molecule has 1 aromatic heterocycles. The Labute approximate surface area is 136 Å². The van der Waals surface area contributed by atoms with Crippen LogP contribution in [0.2, 0.25) is 0 Å². The minimum Gasteiger partial charge on any atom is -0.347 e. The van der Waals surface area contributed by atoms with E-state index in [2.05, 4.69) is 26.3 Å². The minimum atomic E-state index is -0.160. The van der Waals surface area contributed by atoms with Crippen LogP contribution in [0.1, 0.15) is 40.9 Å². The van der Waals surface area contributed by atoms with Crippen LogP contribution in [-0.2, 0) is 6.54 Å². The van der Waals surface area contributed by atoms with Gasteiger partial charge in [0.05, 0.1) is 0 Å². The lowest BCUT2D eigenvalue weighted by Crippen LogP contribution is -2.32. The Morgan fingerprint density at radius 3 is 2.83 bits per heavy atom. The van der Waals surface area contributed by atoms with Crippen molar-refractivity contribution in [2.75, 3.05) is 18.0 Å². The number of carbonyl (C=O) groups excluding carboxylic acids is 1. The predicted molar refractivity (Wildman–Crippen MR) is 90.4 cm³/mol. The molecular weight excluding hydrogens is 288 g/mol. The lowest BCUT2D eigenvalue weighted by atomic mass is 10.1. The van der Waals surface area contributed by atoms with Crippen molar-refractivity contribution in [3.05, 3.63) is 53.3 Å². The zero-order valence-electron chi connectivity index (χ0n) is 13.5. The van der Waals surface area contributed by atoms with Crippen LogP contribution in [0.3, 0.4) is 0 Å². The third kappa shape index (κ3) is 4.06. The number of carbonyl (C=O) groups is 1. The number of aromatic nitrogens is 2. The molecule has 1 fully saturated rings. The van der Waals surface area contributed by atoms with Crippen molar-refractivity contribution >= 4 is 11.9 Å². The first-order valence-corrected chi connectivity index (χ1v) is 8.14. The van der Waals surface area contributed by atoms with E-state index in [1.165, 1.54) is 12.0 Å². The van der Waals surface area contributed by atoms with Crippen LogP contribution in [0, 0.1) is 6.92 Å². The van der Waals surface area contributed by atoms with E-state index in [0.717, 1.165) is 31.5 Å². The average molecular weight is 310 g/mol. The summed E-state index contributed by atoms with van der Waals surface area (Å²) in [6.45, 7) is 4.48. The number of amides is 1. The van der Waals surface area contributed by atoms with Gasteiger partial charge in [0.1, 0.15) is 5.69 Å². The molecule has 0 unspecified atom stereocenters. The molecule has 3 rings (SSSR count). The highest BCUT2D eigenvalue weighted by Crippen LogP contribution is 2.15. The van der Waals surface area contributed by atoms with Crippen LogP contribution >= 0.6 is 0 Å². The van der Waals surface area contributed by atoms with E-state index in [4.69, 9.17) is 0 Å². The fraction of sp³-hybridized carbons (Fsp3) is 0.389. The van der Waals surface area contributed by atoms with E-state index in [0.29, 0.717) is 18.2 Å². The summed E-state index contributed by atoms with van der Waals surface area (Å²) < 4.78 is 0. The van der Waals surface area contributed by atoms with Crippen molar-refractivity contribution in [2.45, 2.75) is 32.7 Å². The largest absolute Gasteiger partial charge is 0.347 e. The van der Waals surface area contributed by atoms with Gasteiger partial charge in [-0.05, 0) is 37.8 Å². The lowest BCUT2D eigenvalue weighted by molar-refractivity contribution is 0.0946. The number of benzene rings is 1. The van der Waals surface area contributed by atoms with Crippen molar-refractivity contribution in [2.24, 2.45) is 0 Å². The molecule has 23 heavy (non-hydrogen) atoms. The number of anilines is 1. The van der Waals surface area contributed by atoms with Gasteiger partial charge in [-0.25, -0.2) is 9.97 Å². The first kappa shape index (κ1) is 15.5. The van der Waals surface area contributed by atoms with Gasteiger partial charge in [-0.15, -0.1) is 0 Å². The molecule has 0 bridgehead atoms. The molecule has 1 aliphatic heterocycles. The topological polar surface area (TPSA) is 58.1 Å². The summed E-state index contributed by atoms with van der Waals surface area (Å²) in [4.78, 5) is 23.2. The molecule has 1 aliphatic rings. The molecule has 1 saturated heterocycles. The van der Waals surface area contributed by atoms with Gasteiger partial charge in [0.15, 0.2) is 0 Å². The van der Waals surface area contributed by atoms with Gasteiger partial charge in [0.2, 0.25) is 5.95 Å². The molecule has 1 aromatic carbocycles. The Morgan fingerprint density at radius 1 is 1.22 bits per heavy atom. The molecule has 0 atom stereocenters. The van der Waals surface area contributed by atoms with E-state index >= 15 is 0 Å². The SMILES string of the molecule is Cc1cccc(CNC(=O)c2ccnc(N3CCCCC3)n2)c1. The fourth-order valence-electron chi connectivity index (χ4n) is 2.82. The Kier molecular flexibility index (Phi) is 4.86. The van der Waals surface area contributed by atoms with Crippen LogP contribution in [0.25, 0.3) is 0 Å². The quantitative estimate of drug-likeness (QED) is 0.943. The lowest BCUT2D eigenvalue weighted by Gasteiger charge is -2.26. The van der Waals surface area contributed by atoms with Crippen LogP contribution < -0.4 is 10.2 Å². The smallest absolute Gasteiger partial charge is 0.270 e. The number of hydrogen-bond donors (Lipinski definition) is 1. The van der Waals surface area contributed by atoms with Crippen LogP contribution in [-0.4, -0.2) is 29.0 Å². The molecule has 5 heteroatoms. The second-order valence-corrected chi connectivity index (χ2v) is 5.96. The zero-order valence-corrected chi connectivity index (χ0v) is 13.5. The number of nitrogens with one attached hydrogen (secondary N) is 1. The summed E-state index contributed by atoms with van der Waals surface area (Å²) in [5, 5.41) is 2.92. The minimum absolute atomic E-state index is 0.160. The zero-order chi connectivity index (χ0) is 16.1. The first-order valence-electron chi connectivity index (χ1n) is 8.14. The summed E-state index contributed by atoms with van der Waals surface area (Å²) in [5.41, 5.74) is 2.70. The van der Waals surface area contributed by atoms with Gasteiger partial charge in [0, 0.05) is 25.8 Å².